The lowest BCUT2D eigenvalue weighted by Crippen LogP contribution is -2.15. The Hall–Kier alpha value is -2.48. The molecule has 0 bridgehead atoms. The lowest BCUT2D eigenvalue weighted by molar-refractivity contribution is 0.102. The maximum absolute atomic E-state index is 13.0. The van der Waals surface area contributed by atoms with Crippen LogP contribution in [0.1, 0.15) is 27.3 Å². The largest absolute Gasteiger partial charge is 0.304 e. The summed E-state index contributed by atoms with van der Waals surface area (Å²) in [5, 5.41) is 11.4. The number of benzene rings is 1. The van der Waals surface area contributed by atoms with Gasteiger partial charge in [0.25, 0.3) is 5.91 Å². The van der Waals surface area contributed by atoms with Crippen molar-refractivity contribution in [3.05, 3.63) is 63.3 Å². The van der Waals surface area contributed by atoms with E-state index in [2.05, 4.69) is 31.4 Å². The fourth-order valence-electron chi connectivity index (χ4n) is 2.61. The van der Waals surface area contributed by atoms with Crippen molar-refractivity contribution in [1.82, 2.24) is 19.6 Å². The minimum atomic E-state index is -0.277. The highest BCUT2D eigenvalue weighted by Crippen LogP contribution is 2.22. The monoisotopic (exact) mass is 405 g/mol. The van der Waals surface area contributed by atoms with Gasteiger partial charge in [-0.3, -0.25) is 14.2 Å². The number of carbonyl (C=O) groups excluding carboxylic acids is 1. The Morgan fingerprint density at radius 3 is 2.52 bits per heavy atom. The standard InChI is InChI=1S/C17H17BrFN5O/c1-10-15(11(2)23(3)21-10)17(25)20-16-14(18)9-24(22-16)8-12-4-6-13(19)7-5-12/h4-7,9H,8H2,1-3H3,(H,20,22,25). The number of hydrogen-bond acceptors (Lipinski definition) is 3. The maximum atomic E-state index is 13.0. The van der Waals surface area contributed by atoms with Crippen LogP contribution in [0, 0.1) is 19.7 Å². The highest BCUT2D eigenvalue weighted by atomic mass is 79.9. The molecule has 3 rings (SSSR count). The van der Waals surface area contributed by atoms with E-state index < -0.39 is 0 Å². The molecule has 0 unspecified atom stereocenters. The zero-order valence-electron chi connectivity index (χ0n) is 14.0. The van der Waals surface area contributed by atoms with Crippen LogP contribution in [-0.4, -0.2) is 25.5 Å². The van der Waals surface area contributed by atoms with E-state index in [9.17, 15) is 9.18 Å². The molecule has 2 heterocycles. The number of nitrogens with zero attached hydrogens (tertiary/aromatic N) is 4. The van der Waals surface area contributed by atoms with Gasteiger partial charge >= 0.3 is 0 Å². The third kappa shape index (κ3) is 3.63. The number of nitrogens with one attached hydrogen (secondary N) is 1. The molecule has 3 aromatic rings. The van der Waals surface area contributed by atoms with E-state index in [1.807, 2.05) is 6.92 Å². The Morgan fingerprint density at radius 1 is 1.24 bits per heavy atom. The van der Waals surface area contributed by atoms with Crippen molar-refractivity contribution in [3.8, 4) is 0 Å². The summed E-state index contributed by atoms with van der Waals surface area (Å²) in [5.74, 6) is -0.105. The summed E-state index contributed by atoms with van der Waals surface area (Å²) in [5.41, 5.74) is 2.91. The maximum Gasteiger partial charge on any atom is 0.260 e. The van der Waals surface area contributed by atoms with Crippen LogP contribution in [0.5, 0.6) is 0 Å². The molecule has 0 spiro atoms. The van der Waals surface area contributed by atoms with Gasteiger partial charge in [0, 0.05) is 18.9 Å². The number of aryl methyl sites for hydroxylation is 2. The Labute approximate surface area is 152 Å². The van der Waals surface area contributed by atoms with Crippen LogP contribution in [0.15, 0.2) is 34.9 Å². The molecule has 0 aliphatic rings. The molecule has 1 amide bonds. The molecule has 0 aliphatic heterocycles. The number of aromatic nitrogens is 4. The van der Waals surface area contributed by atoms with E-state index in [0.717, 1.165) is 11.3 Å². The lowest BCUT2D eigenvalue weighted by Gasteiger charge is -2.04. The van der Waals surface area contributed by atoms with Crippen LogP contribution < -0.4 is 5.32 Å². The van der Waals surface area contributed by atoms with Gasteiger partial charge in [-0.1, -0.05) is 12.1 Å². The minimum Gasteiger partial charge on any atom is -0.304 e. The van der Waals surface area contributed by atoms with Crippen LogP contribution in [0.3, 0.4) is 0 Å². The predicted molar refractivity (Wildman–Crippen MR) is 96.1 cm³/mol. The molecule has 0 saturated carbocycles. The zero-order chi connectivity index (χ0) is 18.1. The molecule has 6 nitrogen and oxygen atoms in total. The number of halogens is 2. The van der Waals surface area contributed by atoms with Gasteiger partial charge in [-0.15, -0.1) is 0 Å². The first-order valence-electron chi connectivity index (χ1n) is 7.64. The zero-order valence-corrected chi connectivity index (χ0v) is 15.6. The van der Waals surface area contributed by atoms with Crippen molar-refractivity contribution in [2.45, 2.75) is 20.4 Å². The van der Waals surface area contributed by atoms with Gasteiger partial charge in [-0.2, -0.15) is 10.2 Å². The van der Waals surface area contributed by atoms with Crippen LogP contribution in [0.25, 0.3) is 0 Å². The van der Waals surface area contributed by atoms with Gasteiger partial charge in [-0.05, 0) is 47.5 Å². The van der Waals surface area contributed by atoms with E-state index in [1.54, 1.807) is 41.7 Å². The molecule has 0 fully saturated rings. The van der Waals surface area contributed by atoms with Gasteiger partial charge in [0.05, 0.1) is 22.3 Å². The highest BCUT2D eigenvalue weighted by Gasteiger charge is 2.19. The molecule has 2 aromatic heterocycles. The van der Waals surface area contributed by atoms with Crippen LogP contribution >= 0.6 is 15.9 Å². The second-order valence-electron chi connectivity index (χ2n) is 5.77. The second-order valence-corrected chi connectivity index (χ2v) is 6.63. The first-order valence-corrected chi connectivity index (χ1v) is 8.43. The summed E-state index contributed by atoms with van der Waals surface area (Å²) in [4.78, 5) is 12.6. The number of rotatable bonds is 4. The summed E-state index contributed by atoms with van der Waals surface area (Å²) < 4.78 is 17.0. The summed E-state index contributed by atoms with van der Waals surface area (Å²) in [6.45, 7) is 4.11. The lowest BCUT2D eigenvalue weighted by atomic mass is 10.2. The van der Waals surface area contributed by atoms with Gasteiger partial charge in [0.2, 0.25) is 0 Å². The molecular weight excluding hydrogens is 389 g/mol. The number of amides is 1. The Morgan fingerprint density at radius 2 is 1.92 bits per heavy atom. The van der Waals surface area contributed by atoms with Crippen LogP contribution in [-0.2, 0) is 13.6 Å². The first-order chi connectivity index (χ1) is 11.8. The normalized spacial score (nSPS) is 10.9. The molecular formula is C17H17BrFN5O. The number of anilines is 1. The van der Waals surface area contributed by atoms with Gasteiger partial charge in [0.15, 0.2) is 5.82 Å². The van der Waals surface area contributed by atoms with E-state index in [0.29, 0.717) is 28.1 Å². The molecule has 0 atom stereocenters. The molecule has 25 heavy (non-hydrogen) atoms. The SMILES string of the molecule is Cc1nn(C)c(C)c1C(=O)Nc1nn(Cc2ccc(F)cc2)cc1Br. The molecule has 8 heteroatoms. The highest BCUT2D eigenvalue weighted by molar-refractivity contribution is 9.10. The Balaban J connectivity index is 1.78. The average Bonchev–Trinajstić information content (AvgIpc) is 3.01. The number of hydrogen-bond donors (Lipinski definition) is 1. The minimum absolute atomic E-state index is 0.254. The van der Waals surface area contributed by atoms with Crippen molar-refractivity contribution in [3.63, 3.8) is 0 Å². The third-order valence-corrected chi connectivity index (χ3v) is 4.52. The van der Waals surface area contributed by atoms with Crippen molar-refractivity contribution >= 4 is 27.7 Å². The van der Waals surface area contributed by atoms with Crippen molar-refractivity contribution in [1.29, 1.82) is 0 Å². The van der Waals surface area contributed by atoms with Crippen molar-refractivity contribution in [2.24, 2.45) is 7.05 Å². The Bertz CT molecular complexity index is 929. The van der Waals surface area contributed by atoms with Gasteiger partial charge < -0.3 is 5.32 Å². The molecule has 0 aliphatic carbocycles. The van der Waals surface area contributed by atoms with Gasteiger partial charge in [0.1, 0.15) is 5.82 Å². The predicted octanol–water partition coefficient (Wildman–Crippen LogP) is 3.44. The summed E-state index contributed by atoms with van der Waals surface area (Å²) in [6.07, 6.45) is 1.77. The topological polar surface area (TPSA) is 64.7 Å². The molecule has 0 radical (unpaired) electrons. The molecule has 130 valence electrons. The summed E-state index contributed by atoms with van der Waals surface area (Å²) in [6, 6.07) is 6.21. The van der Waals surface area contributed by atoms with E-state index in [1.165, 1.54) is 12.1 Å². The van der Waals surface area contributed by atoms with Gasteiger partial charge in [-0.25, -0.2) is 4.39 Å². The van der Waals surface area contributed by atoms with Crippen LogP contribution in [0.4, 0.5) is 10.2 Å². The fourth-order valence-corrected chi connectivity index (χ4v) is 3.03. The first kappa shape index (κ1) is 17.3. The second kappa shape index (κ2) is 6.79. The number of carbonyl (C=O) groups is 1. The third-order valence-electron chi connectivity index (χ3n) is 3.94. The molecule has 0 saturated heterocycles. The summed E-state index contributed by atoms with van der Waals surface area (Å²) >= 11 is 3.41. The van der Waals surface area contributed by atoms with E-state index in [4.69, 9.17) is 0 Å². The van der Waals surface area contributed by atoms with Crippen LogP contribution in [0.2, 0.25) is 0 Å². The molecule has 1 N–H and O–H groups in total. The van der Waals surface area contributed by atoms with Crippen molar-refractivity contribution in [2.75, 3.05) is 5.32 Å². The fraction of sp³-hybridized carbons (Fsp3) is 0.235. The molecule has 1 aromatic carbocycles. The smallest absolute Gasteiger partial charge is 0.260 e. The van der Waals surface area contributed by atoms with E-state index in [-0.39, 0.29) is 11.7 Å². The van der Waals surface area contributed by atoms with Crippen molar-refractivity contribution < 1.29 is 9.18 Å². The Kier molecular flexibility index (Phi) is 4.71. The quantitative estimate of drug-likeness (QED) is 0.722. The average molecular weight is 406 g/mol. The summed E-state index contributed by atoms with van der Waals surface area (Å²) in [7, 11) is 1.80. The van der Waals surface area contributed by atoms with E-state index >= 15 is 0 Å².